The van der Waals surface area contributed by atoms with Gasteiger partial charge in [0.15, 0.2) is 0 Å². The van der Waals surface area contributed by atoms with Gasteiger partial charge in [0.2, 0.25) is 0 Å². The van der Waals surface area contributed by atoms with Gasteiger partial charge in [-0.3, -0.25) is 4.79 Å². The van der Waals surface area contributed by atoms with Crippen LogP contribution in [0.3, 0.4) is 0 Å². The molecule has 0 aliphatic rings. The van der Waals surface area contributed by atoms with Gasteiger partial charge in [-0.25, -0.2) is 9.78 Å². The number of fused-ring (bicyclic) bond motifs is 1. The van der Waals surface area contributed by atoms with Crippen LogP contribution in [-0.4, -0.2) is 28.5 Å². The van der Waals surface area contributed by atoms with Gasteiger partial charge in [0.05, 0.1) is 24.2 Å². The fourth-order valence-corrected chi connectivity index (χ4v) is 3.73. The molecule has 0 saturated heterocycles. The molecule has 2 heterocycles. The van der Waals surface area contributed by atoms with Crippen LogP contribution >= 0.6 is 11.6 Å². The lowest BCUT2D eigenvalue weighted by molar-refractivity contribution is 0.0593. The second-order valence-corrected chi connectivity index (χ2v) is 7.91. The Labute approximate surface area is 190 Å². The van der Waals surface area contributed by atoms with E-state index in [1.807, 2.05) is 61.7 Å². The lowest BCUT2D eigenvalue weighted by Crippen LogP contribution is -2.27. The molecule has 2 aromatic heterocycles. The third-order valence-corrected chi connectivity index (χ3v) is 5.58. The number of aromatic nitrogens is 2. The summed E-state index contributed by atoms with van der Waals surface area (Å²) in [5.74, 6) is -0.683. The highest BCUT2D eigenvalue weighted by Gasteiger charge is 2.17. The van der Waals surface area contributed by atoms with Crippen molar-refractivity contribution in [1.29, 1.82) is 0 Å². The molecule has 0 spiro atoms. The fourth-order valence-electron chi connectivity index (χ4n) is 3.61. The SMILES string of the molecule is COC(=O)c1ccc(C(C)NC(=O)c2cccc3ccn(Cc4ccc(Cl)cc4)c23)cn1. The molecule has 1 amide bonds. The summed E-state index contributed by atoms with van der Waals surface area (Å²) >= 11 is 6.00. The predicted octanol–water partition coefficient (Wildman–Crippen LogP) is 5.02. The topological polar surface area (TPSA) is 73.2 Å². The summed E-state index contributed by atoms with van der Waals surface area (Å²) in [5.41, 5.74) is 3.56. The van der Waals surface area contributed by atoms with E-state index in [0.29, 0.717) is 17.1 Å². The van der Waals surface area contributed by atoms with E-state index in [1.54, 1.807) is 18.3 Å². The summed E-state index contributed by atoms with van der Waals surface area (Å²) in [4.78, 5) is 28.9. The highest BCUT2D eigenvalue weighted by molar-refractivity contribution is 6.30. The third-order valence-electron chi connectivity index (χ3n) is 5.33. The van der Waals surface area contributed by atoms with E-state index in [-0.39, 0.29) is 17.6 Å². The first kappa shape index (κ1) is 21.6. The number of pyridine rings is 1. The number of carbonyl (C=O) groups excluding carboxylic acids is 2. The summed E-state index contributed by atoms with van der Waals surface area (Å²) in [6.07, 6.45) is 3.55. The van der Waals surface area contributed by atoms with E-state index >= 15 is 0 Å². The van der Waals surface area contributed by atoms with Gasteiger partial charge in [-0.2, -0.15) is 0 Å². The number of methoxy groups -OCH3 is 1. The van der Waals surface area contributed by atoms with Crippen LogP contribution in [0.1, 0.15) is 44.9 Å². The lowest BCUT2D eigenvalue weighted by atomic mass is 10.1. The number of ether oxygens (including phenoxy) is 1. The van der Waals surface area contributed by atoms with Gasteiger partial charge in [0.25, 0.3) is 5.91 Å². The predicted molar refractivity (Wildman–Crippen MR) is 124 cm³/mol. The Bertz CT molecular complexity index is 1260. The molecule has 0 aliphatic heterocycles. The summed E-state index contributed by atoms with van der Waals surface area (Å²) in [6, 6.07) is 18.4. The Morgan fingerprint density at radius 3 is 2.56 bits per heavy atom. The number of carbonyl (C=O) groups is 2. The first-order valence-corrected chi connectivity index (χ1v) is 10.5. The van der Waals surface area contributed by atoms with E-state index < -0.39 is 5.97 Å². The summed E-state index contributed by atoms with van der Waals surface area (Å²) < 4.78 is 6.73. The van der Waals surface area contributed by atoms with E-state index in [4.69, 9.17) is 11.6 Å². The molecule has 7 heteroatoms. The molecule has 0 saturated carbocycles. The van der Waals surface area contributed by atoms with Crippen molar-refractivity contribution in [3.8, 4) is 0 Å². The molecule has 4 aromatic rings. The number of para-hydroxylation sites is 1. The van der Waals surface area contributed by atoms with E-state index in [1.165, 1.54) is 7.11 Å². The van der Waals surface area contributed by atoms with Gasteiger partial charge in [0.1, 0.15) is 5.69 Å². The number of nitrogens with one attached hydrogen (secondary N) is 1. The Kier molecular flexibility index (Phi) is 6.23. The monoisotopic (exact) mass is 447 g/mol. The highest BCUT2D eigenvalue weighted by atomic mass is 35.5. The lowest BCUT2D eigenvalue weighted by Gasteiger charge is -2.16. The zero-order chi connectivity index (χ0) is 22.7. The number of rotatable bonds is 6. The third kappa shape index (κ3) is 4.50. The second kappa shape index (κ2) is 9.24. The van der Waals surface area contributed by atoms with Gasteiger partial charge in [-0.15, -0.1) is 0 Å². The van der Waals surface area contributed by atoms with Crippen molar-refractivity contribution in [2.75, 3.05) is 7.11 Å². The molecular weight excluding hydrogens is 426 g/mol. The smallest absolute Gasteiger partial charge is 0.356 e. The standard InChI is InChI=1S/C25H22ClN3O3/c1-16(19-8-11-22(27-14-19)25(31)32-2)28-24(30)21-5-3-4-18-12-13-29(23(18)21)15-17-6-9-20(26)10-7-17/h3-14,16H,15H2,1-2H3,(H,28,30). The zero-order valence-electron chi connectivity index (χ0n) is 17.7. The minimum absolute atomic E-state index is 0.184. The summed E-state index contributed by atoms with van der Waals surface area (Å²) in [6.45, 7) is 2.50. The van der Waals surface area contributed by atoms with Crippen LogP contribution in [0.15, 0.2) is 73.1 Å². The number of hydrogen-bond acceptors (Lipinski definition) is 4. The maximum Gasteiger partial charge on any atom is 0.356 e. The fraction of sp³-hybridized carbons (Fsp3) is 0.160. The maximum atomic E-state index is 13.2. The maximum absolute atomic E-state index is 13.2. The first-order chi connectivity index (χ1) is 15.5. The van der Waals surface area contributed by atoms with Crippen LogP contribution in [0.4, 0.5) is 0 Å². The second-order valence-electron chi connectivity index (χ2n) is 7.48. The van der Waals surface area contributed by atoms with Gasteiger partial charge in [0, 0.05) is 29.3 Å². The molecule has 2 aromatic carbocycles. The van der Waals surface area contributed by atoms with Crippen LogP contribution < -0.4 is 5.32 Å². The van der Waals surface area contributed by atoms with Crippen molar-refractivity contribution in [1.82, 2.24) is 14.9 Å². The van der Waals surface area contributed by atoms with Crippen molar-refractivity contribution in [3.63, 3.8) is 0 Å². The van der Waals surface area contributed by atoms with Crippen molar-refractivity contribution in [2.24, 2.45) is 0 Å². The van der Waals surface area contributed by atoms with Gasteiger partial charge < -0.3 is 14.6 Å². The van der Waals surface area contributed by atoms with Gasteiger partial charge in [-0.05, 0) is 48.4 Å². The van der Waals surface area contributed by atoms with Crippen molar-refractivity contribution >= 4 is 34.4 Å². The molecule has 1 N–H and O–H groups in total. The molecule has 0 bridgehead atoms. The van der Waals surface area contributed by atoms with E-state index in [9.17, 15) is 9.59 Å². The molecule has 0 aliphatic carbocycles. The largest absolute Gasteiger partial charge is 0.464 e. The zero-order valence-corrected chi connectivity index (χ0v) is 18.5. The Morgan fingerprint density at radius 2 is 1.88 bits per heavy atom. The Hall–Kier alpha value is -3.64. The summed E-state index contributed by atoms with van der Waals surface area (Å²) in [5, 5.41) is 4.71. The minimum atomic E-state index is -0.499. The molecule has 6 nitrogen and oxygen atoms in total. The first-order valence-electron chi connectivity index (χ1n) is 10.1. The average molecular weight is 448 g/mol. The van der Waals surface area contributed by atoms with Gasteiger partial charge in [-0.1, -0.05) is 41.9 Å². The normalized spacial score (nSPS) is 11.8. The number of benzene rings is 2. The minimum Gasteiger partial charge on any atom is -0.464 e. The molecule has 1 atom stereocenters. The van der Waals surface area contributed by atoms with Crippen molar-refractivity contribution < 1.29 is 14.3 Å². The van der Waals surface area contributed by atoms with Crippen LogP contribution in [-0.2, 0) is 11.3 Å². The van der Waals surface area contributed by atoms with Crippen LogP contribution in [0.25, 0.3) is 10.9 Å². The average Bonchev–Trinajstić information content (AvgIpc) is 3.23. The van der Waals surface area contributed by atoms with Crippen molar-refractivity contribution in [3.05, 3.63) is 100 Å². The van der Waals surface area contributed by atoms with Gasteiger partial charge >= 0.3 is 5.97 Å². The molecular formula is C25H22ClN3O3. The number of esters is 1. The number of hydrogen-bond donors (Lipinski definition) is 1. The van der Waals surface area contributed by atoms with Crippen LogP contribution in [0, 0.1) is 0 Å². The number of nitrogens with zero attached hydrogens (tertiary/aromatic N) is 2. The molecule has 0 radical (unpaired) electrons. The number of halogens is 1. The quantitative estimate of drug-likeness (QED) is 0.421. The molecule has 0 fully saturated rings. The van der Waals surface area contributed by atoms with Crippen molar-refractivity contribution in [2.45, 2.75) is 19.5 Å². The Morgan fingerprint density at radius 1 is 1.09 bits per heavy atom. The van der Waals surface area contributed by atoms with Crippen LogP contribution in [0.5, 0.6) is 0 Å². The summed E-state index contributed by atoms with van der Waals surface area (Å²) in [7, 11) is 1.31. The molecule has 1 unspecified atom stereocenters. The van der Waals surface area contributed by atoms with Crippen LogP contribution in [0.2, 0.25) is 5.02 Å². The molecule has 162 valence electrons. The van der Waals surface area contributed by atoms with E-state index in [0.717, 1.165) is 22.0 Å². The molecule has 32 heavy (non-hydrogen) atoms. The Balaban J connectivity index is 1.57. The highest BCUT2D eigenvalue weighted by Crippen LogP contribution is 2.23. The van der Waals surface area contributed by atoms with E-state index in [2.05, 4.69) is 19.6 Å². The number of amides is 1. The molecule has 4 rings (SSSR count).